The molecule has 0 radical (unpaired) electrons. The van der Waals surface area contributed by atoms with Gasteiger partial charge in [-0.1, -0.05) is 18.2 Å². The van der Waals surface area contributed by atoms with Gasteiger partial charge in [0.05, 0.1) is 11.3 Å². The summed E-state index contributed by atoms with van der Waals surface area (Å²) in [6.45, 7) is 0. The number of carbonyl (C=O) groups excluding carboxylic acids is 2. The summed E-state index contributed by atoms with van der Waals surface area (Å²) in [5, 5.41) is 18.6. The molecule has 0 bridgehead atoms. The van der Waals surface area contributed by atoms with Crippen molar-refractivity contribution in [2.75, 3.05) is 10.6 Å². The highest BCUT2D eigenvalue weighted by molar-refractivity contribution is 7.13. The number of thiazole rings is 1. The number of nitrogens with one attached hydrogen (secondary N) is 2. The van der Waals surface area contributed by atoms with Gasteiger partial charge < -0.3 is 5.32 Å². The van der Waals surface area contributed by atoms with Crippen LogP contribution in [-0.4, -0.2) is 21.7 Å². The van der Waals surface area contributed by atoms with E-state index in [2.05, 4.69) is 15.6 Å². The Hall–Kier alpha value is -3.59. The number of aromatic nitrogens is 1. The van der Waals surface area contributed by atoms with Gasteiger partial charge in [-0.3, -0.25) is 25.0 Å². The molecule has 3 aromatic rings. The first-order valence-corrected chi connectivity index (χ1v) is 8.74. The topological polar surface area (TPSA) is 114 Å². The van der Waals surface area contributed by atoms with Crippen molar-refractivity contribution in [1.82, 2.24) is 4.98 Å². The number of nitrogens with zero attached hydrogens (tertiary/aromatic N) is 2. The zero-order chi connectivity index (χ0) is 19.2. The Morgan fingerprint density at radius 3 is 2.48 bits per heavy atom. The maximum atomic E-state index is 12.2. The Morgan fingerprint density at radius 1 is 1.07 bits per heavy atom. The average molecular weight is 382 g/mol. The summed E-state index contributed by atoms with van der Waals surface area (Å²) >= 11 is 1.31. The molecule has 0 aliphatic rings. The highest BCUT2D eigenvalue weighted by Crippen LogP contribution is 2.19. The summed E-state index contributed by atoms with van der Waals surface area (Å²) in [5.74, 6) is -0.688. The molecule has 0 fully saturated rings. The van der Waals surface area contributed by atoms with Crippen molar-refractivity contribution >= 4 is 39.7 Å². The van der Waals surface area contributed by atoms with Crippen LogP contribution in [0.25, 0.3) is 0 Å². The first-order valence-electron chi connectivity index (χ1n) is 7.86. The molecule has 27 heavy (non-hydrogen) atoms. The van der Waals surface area contributed by atoms with Gasteiger partial charge in [0.25, 0.3) is 11.6 Å². The lowest BCUT2D eigenvalue weighted by atomic mass is 10.1. The Balaban J connectivity index is 1.62. The lowest BCUT2D eigenvalue weighted by molar-refractivity contribution is -0.385. The molecule has 9 heteroatoms. The highest BCUT2D eigenvalue weighted by atomic mass is 32.1. The predicted molar refractivity (Wildman–Crippen MR) is 102 cm³/mol. The molecule has 0 aliphatic heterocycles. The van der Waals surface area contributed by atoms with E-state index in [0.29, 0.717) is 21.9 Å². The molecule has 0 aliphatic carbocycles. The number of nitro benzene ring substituents is 1. The Morgan fingerprint density at radius 2 is 1.81 bits per heavy atom. The van der Waals surface area contributed by atoms with Crippen LogP contribution >= 0.6 is 11.3 Å². The van der Waals surface area contributed by atoms with E-state index in [0.717, 1.165) is 0 Å². The van der Waals surface area contributed by atoms with Crippen LogP contribution in [0.2, 0.25) is 0 Å². The zero-order valence-electron chi connectivity index (χ0n) is 13.9. The van der Waals surface area contributed by atoms with Gasteiger partial charge in [-0.25, -0.2) is 4.98 Å². The molecule has 0 saturated heterocycles. The number of rotatable bonds is 6. The molecular formula is C18H14N4O4S. The van der Waals surface area contributed by atoms with E-state index in [1.807, 2.05) is 0 Å². The van der Waals surface area contributed by atoms with Gasteiger partial charge in [0.1, 0.15) is 0 Å². The van der Waals surface area contributed by atoms with Gasteiger partial charge >= 0.3 is 0 Å². The molecular weight excluding hydrogens is 368 g/mol. The number of para-hydroxylation sites is 1. The number of hydrogen-bond acceptors (Lipinski definition) is 6. The van der Waals surface area contributed by atoms with Crippen LogP contribution in [0.15, 0.2) is 60.1 Å². The maximum absolute atomic E-state index is 12.2. The lowest BCUT2D eigenvalue weighted by Crippen LogP contribution is -2.16. The molecule has 8 nitrogen and oxygen atoms in total. The molecule has 2 aromatic carbocycles. The van der Waals surface area contributed by atoms with Gasteiger partial charge in [0, 0.05) is 34.5 Å². The van der Waals surface area contributed by atoms with Crippen LogP contribution in [0.3, 0.4) is 0 Å². The maximum Gasteiger partial charge on any atom is 0.273 e. The van der Waals surface area contributed by atoms with Crippen LogP contribution < -0.4 is 10.6 Å². The number of nitro groups is 1. The van der Waals surface area contributed by atoms with Crippen molar-refractivity contribution in [1.29, 1.82) is 0 Å². The molecule has 136 valence electrons. The number of anilines is 2. The molecule has 0 saturated carbocycles. The van der Waals surface area contributed by atoms with Crippen molar-refractivity contribution in [3.63, 3.8) is 0 Å². The minimum atomic E-state index is -0.515. The molecule has 1 aromatic heterocycles. The Kier molecular flexibility index (Phi) is 5.53. The van der Waals surface area contributed by atoms with Gasteiger partial charge in [-0.05, 0) is 24.3 Å². The Bertz CT molecular complexity index is 971. The normalized spacial score (nSPS) is 10.2. The second-order valence-corrected chi connectivity index (χ2v) is 6.37. The monoisotopic (exact) mass is 382 g/mol. The summed E-state index contributed by atoms with van der Waals surface area (Å²) in [5.41, 5.74) is 1.15. The largest absolute Gasteiger partial charge is 0.326 e. The van der Waals surface area contributed by atoms with Gasteiger partial charge in [-0.2, -0.15) is 0 Å². The number of benzene rings is 2. The fourth-order valence-electron chi connectivity index (χ4n) is 2.38. The molecule has 2 amide bonds. The minimum absolute atomic E-state index is 0.0955. The SMILES string of the molecule is O=C(Cc1ccccc1[N+](=O)[O-])Nc1ccc(C(=O)Nc2nccs2)cc1. The van der Waals surface area contributed by atoms with E-state index in [1.54, 1.807) is 54.0 Å². The molecule has 3 rings (SSSR count). The number of hydrogen-bond donors (Lipinski definition) is 2. The van der Waals surface area contributed by atoms with E-state index >= 15 is 0 Å². The first kappa shape index (κ1) is 18.2. The molecule has 1 heterocycles. The van der Waals surface area contributed by atoms with E-state index < -0.39 is 4.92 Å². The minimum Gasteiger partial charge on any atom is -0.326 e. The van der Waals surface area contributed by atoms with Crippen LogP contribution in [0.5, 0.6) is 0 Å². The summed E-state index contributed by atoms with van der Waals surface area (Å²) in [6, 6.07) is 12.4. The van der Waals surface area contributed by atoms with Crippen molar-refractivity contribution in [3.05, 3.63) is 81.3 Å². The van der Waals surface area contributed by atoms with Gasteiger partial charge in [0.2, 0.25) is 5.91 Å². The van der Waals surface area contributed by atoms with Gasteiger partial charge in [-0.15, -0.1) is 11.3 Å². The van der Waals surface area contributed by atoms with Crippen molar-refractivity contribution in [3.8, 4) is 0 Å². The van der Waals surface area contributed by atoms with E-state index in [1.165, 1.54) is 17.4 Å². The summed E-state index contributed by atoms with van der Waals surface area (Å²) in [6.07, 6.45) is 1.47. The van der Waals surface area contributed by atoms with E-state index in [9.17, 15) is 19.7 Å². The second kappa shape index (κ2) is 8.19. The van der Waals surface area contributed by atoms with E-state index in [4.69, 9.17) is 0 Å². The van der Waals surface area contributed by atoms with E-state index in [-0.39, 0.29) is 23.9 Å². The summed E-state index contributed by atoms with van der Waals surface area (Å²) < 4.78 is 0. The average Bonchev–Trinajstić information content (AvgIpc) is 3.15. The van der Waals surface area contributed by atoms with Gasteiger partial charge in [0.15, 0.2) is 5.13 Å². The van der Waals surface area contributed by atoms with Crippen LogP contribution in [0.4, 0.5) is 16.5 Å². The number of carbonyl (C=O) groups is 2. The molecule has 2 N–H and O–H groups in total. The Labute approximate surface area is 158 Å². The highest BCUT2D eigenvalue weighted by Gasteiger charge is 2.15. The van der Waals surface area contributed by atoms with Crippen LogP contribution in [-0.2, 0) is 11.2 Å². The molecule has 0 spiro atoms. The fraction of sp³-hybridized carbons (Fsp3) is 0.0556. The first-order chi connectivity index (χ1) is 13.0. The summed E-state index contributed by atoms with van der Waals surface area (Å²) in [4.78, 5) is 38.7. The van der Waals surface area contributed by atoms with Crippen molar-refractivity contribution in [2.45, 2.75) is 6.42 Å². The van der Waals surface area contributed by atoms with Crippen molar-refractivity contribution < 1.29 is 14.5 Å². The number of amides is 2. The lowest BCUT2D eigenvalue weighted by Gasteiger charge is -2.07. The third kappa shape index (κ3) is 4.73. The zero-order valence-corrected chi connectivity index (χ0v) is 14.7. The quantitative estimate of drug-likeness (QED) is 0.500. The third-order valence-electron chi connectivity index (χ3n) is 3.62. The smallest absolute Gasteiger partial charge is 0.273 e. The van der Waals surface area contributed by atoms with Crippen LogP contribution in [0.1, 0.15) is 15.9 Å². The predicted octanol–water partition coefficient (Wildman–Crippen LogP) is 3.48. The molecule has 0 atom stereocenters. The summed E-state index contributed by atoms with van der Waals surface area (Å²) in [7, 11) is 0. The van der Waals surface area contributed by atoms with Crippen LogP contribution in [0, 0.1) is 10.1 Å². The molecule has 0 unspecified atom stereocenters. The fourth-order valence-corrected chi connectivity index (χ4v) is 2.90. The standard InChI is InChI=1S/C18H14N4O4S/c23-16(11-13-3-1-2-4-15(13)22(25)26)20-14-7-5-12(6-8-14)17(24)21-18-19-9-10-27-18/h1-10H,11H2,(H,20,23)(H,19,21,24). The second-order valence-electron chi connectivity index (χ2n) is 5.48. The van der Waals surface area contributed by atoms with Crippen molar-refractivity contribution in [2.24, 2.45) is 0 Å². The third-order valence-corrected chi connectivity index (χ3v) is 4.31.